The minimum absolute atomic E-state index is 0.0934. The van der Waals surface area contributed by atoms with Crippen LogP contribution in [0.1, 0.15) is 25.3 Å². The van der Waals surface area contributed by atoms with Crippen LogP contribution in [0.15, 0.2) is 46.5 Å². The Morgan fingerprint density at radius 1 is 1.21 bits per heavy atom. The van der Waals surface area contributed by atoms with Crippen LogP contribution in [0.4, 0.5) is 5.69 Å². The SMILES string of the molecule is CCn1ccc(=O)nc1S[C@H]1CCCN(c2ccc(C)cc2)C1=O. The Morgan fingerprint density at radius 2 is 1.96 bits per heavy atom. The average molecular weight is 343 g/mol. The summed E-state index contributed by atoms with van der Waals surface area (Å²) in [5, 5.41) is 0.418. The number of benzene rings is 1. The molecule has 1 aromatic carbocycles. The molecule has 3 rings (SSSR count). The number of hydrogen-bond donors (Lipinski definition) is 0. The van der Waals surface area contributed by atoms with Gasteiger partial charge in [-0.3, -0.25) is 9.59 Å². The quantitative estimate of drug-likeness (QED) is 0.801. The molecule has 5 nitrogen and oxygen atoms in total. The molecule has 1 aliphatic heterocycles. The average Bonchev–Trinajstić information content (AvgIpc) is 2.58. The molecule has 1 aromatic heterocycles. The van der Waals surface area contributed by atoms with E-state index in [-0.39, 0.29) is 16.7 Å². The van der Waals surface area contributed by atoms with Crippen LogP contribution in [0.3, 0.4) is 0 Å². The van der Waals surface area contributed by atoms with E-state index >= 15 is 0 Å². The topological polar surface area (TPSA) is 55.2 Å². The summed E-state index contributed by atoms with van der Waals surface area (Å²) in [6.45, 7) is 5.49. The van der Waals surface area contributed by atoms with Crippen molar-refractivity contribution in [2.75, 3.05) is 11.4 Å². The molecule has 2 aromatic rings. The largest absolute Gasteiger partial charge is 0.328 e. The van der Waals surface area contributed by atoms with Crippen LogP contribution in [0.5, 0.6) is 0 Å². The molecule has 24 heavy (non-hydrogen) atoms. The van der Waals surface area contributed by atoms with Crippen molar-refractivity contribution in [1.82, 2.24) is 9.55 Å². The van der Waals surface area contributed by atoms with Gasteiger partial charge < -0.3 is 9.47 Å². The Kier molecular flexibility index (Phi) is 5.04. The van der Waals surface area contributed by atoms with Crippen LogP contribution in [-0.4, -0.2) is 27.3 Å². The van der Waals surface area contributed by atoms with Crippen molar-refractivity contribution in [1.29, 1.82) is 0 Å². The van der Waals surface area contributed by atoms with Gasteiger partial charge in [0, 0.05) is 31.0 Å². The minimum Gasteiger partial charge on any atom is -0.328 e. The monoisotopic (exact) mass is 343 g/mol. The molecule has 0 aliphatic carbocycles. The zero-order valence-electron chi connectivity index (χ0n) is 13.9. The molecule has 0 saturated carbocycles. The van der Waals surface area contributed by atoms with Gasteiger partial charge in [0.05, 0.1) is 5.25 Å². The molecule has 1 aliphatic rings. The number of hydrogen-bond acceptors (Lipinski definition) is 4. The zero-order valence-corrected chi connectivity index (χ0v) is 14.8. The molecule has 1 fully saturated rings. The van der Waals surface area contributed by atoms with Crippen molar-refractivity contribution >= 4 is 23.4 Å². The summed E-state index contributed by atoms with van der Waals surface area (Å²) in [5.74, 6) is 0.0934. The lowest BCUT2D eigenvalue weighted by molar-refractivity contribution is -0.119. The Balaban J connectivity index is 1.82. The van der Waals surface area contributed by atoms with Gasteiger partial charge in [-0.15, -0.1) is 0 Å². The second-order valence-corrected chi connectivity index (χ2v) is 7.08. The van der Waals surface area contributed by atoms with Gasteiger partial charge in [-0.2, -0.15) is 4.98 Å². The molecule has 0 spiro atoms. The minimum atomic E-state index is -0.263. The fourth-order valence-corrected chi connectivity index (χ4v) is 4.04. The van der Waals surface area contributed by atoms with Crippen LogP contribution in [0.25, 0.3) is 0 Å². The molecular weight excluding hydrogens is 322 g/mol. The number of anilines is 1. The van der Waals surface area contributed by atoms with Crippen LogP contribution >= 0.6 is 11.8 Å². The summed E-state index contributed by atoms with van der Waals surface area (Å²) in [4.78, 5) is 30.4. The van der Waals surface area contributed by atoms with Crippen LogP contribution in [0, 0.1) is 6.92 Å². The van der Waals surface area contributed by atoms with Gasteiger partial charge in [0.25, 0.3) is 5.56 Å². The van der Waals surface area contributed by atoms with Crippen molar-refractivity contribution in [2.45, 2.75) is 43.6 Å². The summed E-state index contributed by atoms with van der Waals surface area (Å²) in [5.41, 5.74) is 1.85. The Morgan fingerprint density at radius 3 is 2.67 bits per heavy atom. The molecule has 0 radical (unpaired) electrons. The van der Waals surface area contributed by atoms with Crippen LogP contribution in [0.2, 0.25) is 0 Å². The molecule has 0 unspecified atom stereocenters. The summed E-state index contributed by atoms with van der Waals surface area (Å²) in [7, 11) is 0. The second-order valence-electron chi connectivity index (χ2n) is 5.91. The fourth-order valence-electron chi connectivity index (χ4n) is 2.81. The first kappa shape index (κ1) is 16.8. The molecule has 6 heteroatoms. The Bertz CT molecular complexity index is 786. The highest BCUT2D eigenvalue weighted by molar-refractivity contribution is 8.00. The van der Waals surface area contributed by atoms with Gasteiger partial charge in [-0.05, 0) is 38.8 Å². The predicted molar refractivity (Wildman–Crippen MR) is 96.6 cm³/mol. The third-order valence-corrected chi connectivity index (χ3v) is 5.43. The smallest absolute Gasteiger partial charge is 0.273 e. The number of thioether (sulfide) groups is 1. The first-order valence-electron chi connectivity index (χ1n) is 8.20. The number of carbonyl (C=O) groups excluding carboxylic acids is 1. The first-order valence-corrected chi connectivity index (χ1v) is 9.08. The summed E-state index contributed by atoms with van der Waals surface area (Å²) < 4.78 is 1.91. The van der Waals surface area contributed by atoms with E-state index in [0.717, 1.165) is 31.6 Å². The second kappa shape index (κ2) is 7.21. The third kappa shape index (κ3) is 3.53. The highest BCUT2D eigenvalue weighted by Crippen LogP contribution is 2.31. The highest BCUT2D eigenvalue weighted by atomic mass is 32.2. The van der Waals surface area contributed by atoms with E-state index < -0.39 is 0 Å². The van der Waals surface area contributed by atoms with Gasteiger partial charge >= 0.3 is 0 Å². The van der Waals surface area contributed by atoms with Gasteiger partial charge in [0.15, 0.2) is 5.16 Å². The van der Waals surface area contributed by atoms with Gasteiger partial charge in [-0.25, -0.2) is 0 Å². The van der Waals surface area contributed by atoms with Crippen LogP contribution in [-0.2, 0) is 11.3 Å². The lowest BCUT2D eigenvalue weighted by atomic mass is 10.1. The molecule has 2 heterocycles. The van der Waals surface area contributed by atoms with Crippen molar-refractivity contribution in [3.8, 4) is 0 Å². The number of rotatable bonds is 4. The molecule has 1 saturated heterocycles. The molecule has 126 valence electrons. The Hall–Kier alpha value is -2.08. The number of carbonyl (C=O) groups is 1. The number of aryl methyl sites for hydroxylation is 2. The summed E-state index contributed by atoms with van der Waals surface area (Å²) >= 11 is 1.40. The lowest BCUT2D eigenvalue weighted by Crippen LogP contribution is -2.43. The van der Waals surface area contributed by atoms with E-state index in [1.807, 2.05) is 47.6 Å². The standard InChI is InChI=1S/C18H21N3O2S/c1-3-20-12-10-16(22)19-18(20)24-15-5-4-11-21(17(15)23)14-8-6-13(2)7-9-14/h6-10,12,15H,3-5,11H2,1-2H3/t15-/m0/s1. The highest BCUT2D eigenvalue weighted by Gasteiger charge is 2.31. The molecular formula is C18H21N3O2S. The van der Waals surface area contributed by atoms with E-state index in [2.05, 4.69) is 4.98 Å². The predicted octanol–water partition coefficient (Wildman–Crippen LogP) is 2.86. The number of piperidine rings is 1. The number of aromatic nitrogens is 2. The molecule has 0 bridgehead atoms. The third-order valence-electron chi connectivity index (χ3n) is 4.17. The van der Waals surface area contributed by atoms with E-state index in [4.69, 9.17) is 0 Å². The number of amides is 1. The van der Waals surface area contributed by atoms with Gasteiger partial charge in [-0.1, -0.05) is 29.5 Å². The van der Waals surface area contributed by atoms with Crippen molar-refractivity contribution in [3.05, 3.63) is 52.4 Å². The summed E-state index contributed by atoms with van der Waals surface area (Å²) in [6.07, 6.45) is 3.49. The Labute approximate surface area is 145 Å². The van der Waals surface area contributed by atoms with Crippen LogP contribution < -0.4 is 10.5 Å². The van der Waals surface area contributed by atoms with Crippen molar-refractivity contribution in [2.24, 2.45) is 0 Å². The van der Waals surface area contributed by atoms with E-state index in [1.165, 1.54) is 23.4 Å². The van der Waals surface area contributed by atoms with E-state index in [9.17, 15) is 9.59 Å². The van der Waals surface area contributed by atoms with Crippen molar-refractivity contribution < 1.29 is 4.79 Å². The van der Waals surface area contributed by atoms with Crippen molar-refractivity contribution in [3.63, 3.8) is 0 Å². The maximum absolute atomic E-state index is 12.9. The van der Waals surface area contributed by atoms with Gasteiger partial charge in [0.1, 0.15) is 0 Å². The molecule has 1 amide bonds. The zero-order chi connectivity index (χ0) is 17.1. The normalized spacial score (nSPS) is 18.0. The molecule has 0 N–H and O–H groups in total. The molecule has 1 atom stereocenters. The fraction of sp³-hybridized carbons (Fsp3) is 0.389. The van der Waals surface area contributed by atoms with Gasteiger partial charge in [0.2, 0.25) is 5.91 Å². The first-order chi connectivity index (χ1) is 11.6. The lowest BCUT2D eigenvalue weighted by Gasteiger charge is -2.32. The maximum Gasteiger partial charge on any atom is 0.273 e. The maximum atomic E-state index is 12.9. The number of nitrogens with zero attached hydrogens (tertiary/aromatic N) is 3. The van der Waals surface area contributed by atoms with E-state index in [1.54, 1.807) is 6.20 Å². The summed E-state index contributed by atoms with van der Waals surface area (Å²) in [6, 6.07) is 9.47. The van der Waals surface area contributed by atoms with E-state index in [0.29, 0.717) is 5.16 Å².